The second-order valence-corrected chi connectivity index (χ2v) is 10.9. The van der Waals surface area contributed by atoms with Gasteiger partial charge in [-0.1, -0.05) is 49.2 Å². The van der Waals surface area contributed by atoms with Gasteiger partial charge in [-0.2, -0.15) is 5.10 Å². The Kier molecular flexibility index (Phi) is 6.36. The molecule has 0 saturated heterocycles. The number of hydrogen-bond acceptors (Lipinski definition) is 4. The van der Waals surface area contributed by atoms with E-state index in [0.29, 0.717) is 17.3 Å². The van der Waals surface area contributed by atoms with E-state index in [1.165, 1.54) is 11.0 Å². The van der Waals surface area contributed by atoms with E-state index in [1.54, 1.807) is 30.0 Å². The van der Waals surface area contributed by atoms with E-state index in [9.17, 15) is 4.79 Å². The fraction of sp³-hybridized carbons (Fsp3) is 0.308. The zero-order chi connectivity index (χ0) is 25.0. The SMILES string of the molecule is Cc1cc(Cl)ccc1C1c2c(nn(CC3=CSCN3C)c2C(C)C)C(=O)N1c1cccc(Cl)c1F. The van der Waals surface area contributed by atoms with Gasteiger partial charge < -0.3 is 4.90 Å². The lowest BCUT2D eigenvalue weighted by Crippen LogP contribution is -2.31. The van der Waals surface area contributed by atoms with Gasteiger partial charge in [-0.05, 0) is 53.6 Å². The summed E-state index contributed by atoms with van der Waals surface area (Å²) in [7, 11) is 2.05. The molecule has 182 valence electrons. The van der Waals surface area contributed by atoms with Gasteiger partial charge in [0.05, 0.1) is 29.2 Å². The van der Waals surface area contributed by atoms with Crippen LogP contribution in [0.25, 0.3) is 0 Å². The number of rotatable bonds is 5. The number of fused-ring (bicyclic) bond motifs is 1. The van der Waals surface area contributed by atoms with Crippen LogP contribution < -0.4 is 4.90 Å². The molecule has 9 heteroatoms. The largest absolute Gasteiger partial charge is 0.366 e. The van der Waals surface area contributed by atoms with E-state index in [1.807, 2.05) is 30.8 Å². The van der Waals surface area contributed by atoms with Gasteiger partial charge in [-0.15, -0.1) is 11.8 Å². The van der Waals surface area contributed by atoms with Gasteiger partial charge in [0.25, 0.3) is 5.91 Å². The van der Waals surface area contributed by atoms with Crippen molar-refractivity contribution >= 4 is 46.6 Å². The second-order valence-electron chi connectivity index (χ2n) is 9.21. The molecule has 0 aliphatic carbocycles. The number of allylic oxidation sites excluding steroid dienone is 1. The summed E-state index contributed by atoms with van der Waals surface area (Å²) in [6.45, 7) is 6.70. The van der Waals surface area contributed by atoms with Gasteiger partial charge in [-0.3, -0.25) is 14.4 Å². The van der Waals surface area contributed by atoms with Crippen molar-refractivity contribution in [3.05, 3.63) is 91.4 Å². The van der Waals surface area contributed by atoms with Crippen LogP contribution in [0.4, 0.5) is 10.1 Å². The predicted molar refractivity (Wildman–Crippen MR) is 141 cm³/mol. The molecule has 3 aromatic rings. The van der Waals surface area contributed by atoms with Gasteiger partial charge in [-0.25, -0.2) is 4.39 Å². The molecular formula is C26H25Cl2FN4OS. The lowest BCUT2D eigenvalue weighted by Gasteiger charge is -2.29. The zero-order valence-electron chi connectivity index (χ0n) is 19.8. The van der Waals surface area contributed by atoms with Crippen LogP contribution in [-0.2, 0) is 6.54 Å². The first-order valence-corrected chi connectivity index (χ1v) is 13.2. The van der Waals surface area contributed by atoms with Crippen LogP contribution in [0.3, 0.4) is 0 Å². The number of thioether (sulfide) groups is 1. The summed E-state index contributed by atoms with van der Waals surface area (Å²) < 4.78 is 17.2. The first kappa shape index (κ1) is 24.2. The van der Waals surface area contributed by atoms with Crippen molar-refractivity contribution in [2.45, 2.75) is 39.3 Å². The molecule has 0 bridgehead atoms. The van der Waals surface area contributed by atoms with Crippen LogP contribution in [-0.4, -0.2) is 33.5 Å². The monoisotopic (exact) mass is 530 g/mol. The number of nitrogens with zero attached hydrogens (tertiary/aromatic N) is 4. The Labute approximate surface area is 218 Å². The third-order valence-corrected chi connectivity index (χ3v) is 8.04. The Morgan fingerprint density at radius 3 is 2.66 bits per heavy atom. The highest BCUT2D eigenvalue weighted by molar-refractivity contribution is 8.02. The molecule has 0 fully saturated rings. The number of halogens is 3. The van der Waals surface area contributed by atoms with Gasteiger partial charge >= 0.3 is 0 Å². The number of benzene rings is 2. The van der Waals surface area contributed by atoms with Crippen LogP contribution in [0.5, 0.6) is 0 Å². The number of carbonyl (C=O) groups is 1. The van der Waals surface area contributed by atoms with Gasteiger partial charge in [0.15, 0.2) is 11.5 Å². The van der Waals surface area contributed by atoms with Crippen LogP contribution >= 0.6 is 35.0 Å². The molecule has 0 spiro atoms. The standard InChI is InChI=1S/C26H25Cl2FN4OS/c1-14(2)24-21-23(30-32(24)11-17-12-35-13-31(17)4)26(34)33(20-7-5-6-19(28)22(20)29)25(21)18-9-8-16(27)10-15(18)3/h5-10,12,14,25H,11,13H2,1-4H3. The molecule has 0 N–H and O–H groups in total. The van der Waals surface area contributed by atoms with Crippen LogP contribution in [0, 0.1) is 12.7 Å². The first-order valence-electron chi connectivity index (χ1n) is 11.3. The van der Waals surface area contributed by atoms with E-state index < -0.39 is 11.9 Å². The molecule has 1 amide bonds. The van der Waals surface area contributed by atoms with Crippen molar-refractivity contribution < 1.29 is 9.18 Å². The van der Waals surface area contributed by atoms with E-state index >= 15 is 4.39 Å². The number of likely N-dealkylation sites (N-methyl/N-ethyl adjacent to an activating group) is 1. The van der Waals surface area contributed by atoms with E-state index in [-0.39, 0.29) is 22.5 Å². The van der Waals surface area contributed by atoms with Crippen LogP contribution in [0.2, 0.25) is 10.0 Å². The highest BCUT2D eigenvalue weighted by atomic mass is 35.5. The van der Waals surface area contributed by atoms with Crippen molar-refractivity contribution in [3.8, 4) is 0 Å². The smallest absolute Gasteiger partial charge is 0.280 e. The average Bonchev–Trinajstić information content (AvgIpc) is 3.45. The maximum atomic E-state index is 15.3. The number of carbonyl (C=O) groups excluding carboxylic acids is 1. The molecule has 0 radical (unpaired) electrons. The molecule has 5 nitrogen and oxygen atoms in total. The van der Waals surface area contributed by atoms with Crippen molar-refractivity contribution in [3.63, 3.8) is 0 Å². The molecule has 1 atom stereocenters. The maximum absolute atomic E-state index is 15.3. The molecule has 3 heterocycles. The molecular weight excluding hydrogens is 506 g/mol. The summed E-state index contributed by atoms with van der Waals surface area (Å²) in [6.07, 6.45) is 0. The van der Waals surface area contributed by atoms with Crippen LogP contribution in [0.15, 0.2) is 47.5 Å². The van der Waals surface area contributed by atoms with E-state index in [2.05, 4.69) is 24.2 Å². The Bertz CT molecular complexity index is 1370. The number of hydrogen-bond donors (Lipinski definition) is 0. The third-order valence-electron chi connectivity index (χ3n) is 6.54. The normalized spacial score (nSPS) is 17.5. The molecule has 2 aromatic carbocycles. The fourth-order valence-electron chi connectivity index (χ4n) is 4.90. The quantitative estimate of drug-likeness (QED) is 0.356. The molecule has 35 heavy (non-hydrogen) atoms. The molecule has 5 rings (SSSR count). The Hall–Kier alpha value is -2.48. The van der Waals surface area contributed by atoms with Crippen molar-refractivity contribution in [1.82, 2.24) is 14.7 Å². The van der Waals surface area contributed by atoms with Gasteiger partial charge in [0.2, 0.25) is 0 Å². The summed E-state index contributed by atoms with van der Waals surface area (Å²) in [5, 5.41) is 7.51. The minimum Gasteiger partial charge on any atom is -0.366 e. The predicted octanol–water partition coefficient (Wildman–Crippen LogP) is 6.99. The number of aromatic nitrogens is 2. The first-order chi connectivity index (χ1) is 16.7. The highest BCUT2D eigenvalue weighted by Crippen LogP contribution is 2.47. The van der Waals surface area contributed by atoms with Gasteiger partial charge in [0, 0.05) is 29.0 Å². The zero-order valence-corrected chi connectivity index (χ0v) is 22.2. The summed E-state index contributed by atoms with van der Waals surface area (Å²) in [5.41, 5.74) is 5.18. The summed E-state index contributed by atoms with van der Waals surface area (Å²) in [5.74, 6) is 0.00122. The number of amides is 1. The van der Waals surface area contributed by atoms with E-state index in [0.717, 1.165) is 34.0 Å². The van der Waals surface area contributed by atoms with Crippen molar-refractivity contribution in [2.75, 3.05) is 17.8 Å². The van der Waals surface area contributed by atoms with Gasteiger partial charge in [0.1, 0.15) is 0 Å². The highest BCUT2D eigenvalue weighted by Gasteiger charge is 2.46. The fourth-order valence-corrected chi connectivity index (χ4v) is 6.21. The Morgan fingerprint density at radius 2 is 2.00 bits per heavy atom. The Balaban J connectivity index is 1.74. The molecule has 2 aliphatic heterocycles. The summed E-state index contributed by atoms with van der Waals surface area (Å²) >= 11 is 14.1. The minimum atomic E-state index is -0.627. The van der Waals surface area contributed by atoms with Crippen molar-refractivity contribution in [1.29, 1.82) is 0 Å². The second kappa shape index (κ2) is 9.19. The summed E-state index contributed by atoms with van der Waals surface area (Å²) in [4.78, 5) is 17.6. The molecule has 0 saturated carbocycles. The number of aryl methyl sites for hydroxylation is 1. The molecule has 1 aromatic heterocycles. The maximum Gasteiger partial charge on any atom is 0.280 e. The van der Waals surface area contributed by atoms with Crippen molar-refractivity contribution in [2.24, 2.45) is 0 Å². The minimum absolute atomic E-state index is 0.0331. The third kappa shape index (κ3) is 4.03. The number of anilines is 1. The lowest BCUT2D eigenvalue weighted by atomic mass is 9.92. The molecule has 1 unspecified atom stereocenters. The van der Waals surface area contributed by atoms with E-state index in [4.69, 9.17) is 28.3 Å². The lowest BCUT2D eigenvalue weighted by molar-refractivity contribution is 0.0986. The average molecular weight is 531 g/mol. The Morgan fingerprint density at radius 1 is 1.23 bits per heavy atom. The summed E-state index contributed by atoms with van der Waals surface area (Å²) in [6, 6.07) is 9.73. The topological polar surface area (TPSA) is 41.4 Å². The molecule has 2 aliphatic rings. The van der Waals surface area contributed by atoms with Crippen LogP contribution in [0.1, 0.15) is 58.7 Å².